The van der Waals surface area contributed by atoms with E-state index in [1.807, 2.05) is 6.92 Å². The lowest BCUT2D eigenvalue weighted by atomic mass is 9.33. The quantitative estimate of drug-likeness (QED) is 0.295. The second kappa shape index (κ2) is 11.4. The van der Waals surface area contributed by atoms with Crippen LogP contribution in [0.1, 0.15) is 120 Å². The van der Waals surface area contributed by atoms with Gasteiger partial charge in [0, 0.05) is 37.9 Å². The molecule has 5 aliphatic carbocycles. The summed E-state index contributed by atoms with van der Waals surface area (Å²) in [4.78, 5) is 43.0. The van der Waals surface area contributed by atoms with E-state index in [-0.39, 0.29) is 63.1 Å². The largest absolute Gasteiger partial charge is 0.462 e. The maximum absolute atomic E-state index is 14.7. The molecular formula is C39H61NO6. The number of morpholine rings is 1. The molecule has 4 saturated carbocycles. The van der Waals surface area contributed by atoms with E-state index < -0.39 is 5.41 Å². The van der Waals surface area contributed by atoms with Crippen molar-refractivity contribution in [3.8, 4) is 0 Å². The van der Waals surface area contributed by atoms with Crippen molar-refractivity contribution in [1.29, 1.82) is 0 Å². The average molecular weight is 640 g/mol. The first-order valence-electron chi connectivity index (χ1n) is 18.3. The number of ketones is 1. The number of carbonyl (C=O) groups excluding carboxylic acids is 3. The third-order valence-corrected chi connectivity index (χ3v) is 15.2. The maximum atomic E-state index is 14.7. The Morgan fingerprint density at radius 1 is 0.957 bits per heavy atom. The van der Waals surface area contributed by atoms with Crippen LogP contribution in [0.3, 0.4) is 0 Å². The second-order valence-corrected chi connectivity index (χ2v) is 18.3. The number of carbonyl (C=O) groups is 3. The van der Waals surface area contributed by atoms with E-state index >= 15 is 0 Å². The number of hydrogen-bond acceptors (Lipinski definition) is 7. The van der Waals surface area contributed by atoms with E-state index in [1.165, 1.54) is 12.5 Å². The van der Waals surface area contributed by atoms with Crippen molar-refractivity contribution in [3.63, 3.8) is 0 Å². The minimum Gasteiger partial charge on any atom is -0.462 e. The minimum absolute atomic E-state index is 0.0598. The molecule has 10 atom stereocenters. The third-order valence-electron chi connectivity index (χ3n) is 15.2. The van der Waals surface area contributed by atoms with Gasteiger partial charge in [0.1, 0.15) is 12.2 Å². The smallest absolute Gasteiger partial charge is 0.312 e. The molecule has 0 N–H and O–H groups in total. The molecule has 0 aromatic rings. The summed E-state index contributed by atoms with van der Waals surface area (Å²) in [6, 6.07) is 0. The SMILES string of the molecule is CC(=O)OC1CCC2(C)C(CCC3(C)C2C(=O)C=C2C4CC(C)(C(=O)OC(C)CN5CCOCC5)CCC4(C)CCC23C)C1(C)C. The summed E-state index contributed by atoms with van der Waals surface area (Å²) in [6.07, 6.45) is 10.3. The molecule has 0 amide bonds. The van der Waals surface area contributed by atoms with Crippen molar-refractivity contribution in [3.05, 3.63) is 11.6 Å². The lowest BCUT2D eigenvalue weighted by Crippen LogP contribution is -2.66. The average Bonchev–Trinajstić information content (AvgIpc) is 2.97. The van der Waals surface area contributed by atoms with Gasteiger partial charge in [-0.1, -0.05) is 47.1 Å². The normalized spacial score (nSPS) is 46.0. The van der Waals surface area contributed by atoms with Crippen LogP contribution in [0.15, 0.2) is 11.6 Å². The molecule has 1 saturated heterocycles. The number of rotatable bonds is 5. The van der Waals surface area contributed by atoms with Crippen molar-refractivity contribution < 1.29 is 28.6 Å². The van der Waals surface area contributed by atoms with Gasteiger partial charge in [0.2, 0.25) is 0 Å². The van der Waals surface area contributed by atoms with Crippen LogP contribution in [0.2, 0.25) is 0 Å². The van der Waals surface area contributed by atoms with Gasteiger partial charge in [0.25, 0.3) is 0 Å². The Labute approximate surface area is 277 Å². The van der Waals surface area contributed by atoms with E-state index in [1.54, 1.807) is 0 Å². The fourth-order valence-corrected chi connectivity index (χ4v) is 12.3. The first-order chi connectivity index (χ1) is 21.4. The van der Waals surface area contributed by atoms with E-state index in [9.17, 15) is 14.4 Å². The van der Waals surface area contributed by atoms with Crippen molar-refractivity contribution in [1.82, 2.24) is 4.90 Å². The van der Waals surface area contributed by atoms with Gasteiger partial charge in [0.15, 0.2) is 5.78 Å². The monoisotopic (exact) mass is 639 g/mol. The summed E-state index contributed by atoms with van der Waals surface area (Å²) in [5.74, 6) is 0.443. The first-order valence-corrected chi connectivity index (χ1v) is 18.3. The predicted molar refractivity (Wildman–Crippen MR) is 178 cm³/mol. The van der Waals surface area contributed by atoms with Gasteiger partial charge in [-0.2, -0.15) is 0 Å². The molecule has 1 aliphatic heterocycles. The van der Waals surface area contributed by atoms with Crippen molar-refractivity contribution in [2.24, 2.45) is 50.2 Å². The van der Waals surface area contributed by atoms with Crippen molar-refractivity contribution in [2.75, 3.05) is 32.8 Å². The number of hydrogen-bond donors (Lipinski definition) is 0. The van der Waals surface area contributed by atoms with Gasteiger partial charge in [-0.25, -0.2) is 0 Å². The van der Waals surface area contributed by atoms with E-state index in [4.69, 9.17) is 14.2 Å². The van der Waals surface area contributed by atoms with E-state index in [0.29, 0.717) is 11.7 Å². The van der Waals surface area contributed by atoms with Crippen LogP contribution < -0.4 is 0 Å². The lowest BCUT2D eigenvalue weighted by molar-refractivity contribution is -0.210. The van der Waals surface area contributed by atoms with Crippen LogP contribution >= 0.6 is 0 Å². The molecule has 0 aromatic heterocycles. The second-order valence-electron chi connectivity index (χ2n) is 18.3. The van der Waals surface area contributed by atoms with Crippen LogP contribution in [-0.4, -0.2) is 67.7 Å². The van der Waals surface area contributed by atoms with Crippen LogP contribution in [-0.2, 0) is 28.6 Å². The van der Waals surface area contributed by atoms with Gasteiger partial charge in [-0.3, -0.25) is 19.3 Å². The number of ether oxygens (including phenoxy) is 3. The molecule has 258 valence electrons. The van der Waals surface area contributed by atoms with E-state index in [0.717, 1.165) is 90.6 Å². The highest BCUT2D eigenvalue weighted by molar-refractivity contribution is 5.95. The molecule has 6 rings (SSSR count). The molecular weight excluding hydrogens is 578 g/mol. The van der Waals surface area contributed by atoms with Crippen LogP contribution in [0.5, 0.6) is 0 Å². The number of fused-ring (bicyclic) bond motifs is 7. The molecule has 6 aliphatic rings. The predicted octanol–water partition coefficient (Wildman–Crippen LogP) is 7.16. The van der Waals surface area contributed by atoms with Gasteiger partial charge in [0.05, 0.1) is 18.6 Å². The number of esters is 2. The summed E-state index contributed by atoms with van der Waals surface area (Å²) in [7, 11) is 0. The molecule has 5 fully saturated rings. The Balaban J connectivity index is 1.28. The molecule has 0 aromatic carbocycles. The first kappa shape index (κ1) is 34.1. The zero-order valence-corrected chi connectivity index (χ0v) is 30.3. The highest BCUT2D eigenvalue weighted by Crippen LogP contribution is 2.75. The summed E-state index contributed by atoms with van der Waals surface area (Å²) in [5, 5.41) is 0. The summed E-state index contributed by atoms with van der Waals surface area (Å²) >= 11 is 0. The number of nitrogens with zero attached hydrogens (tertiary/aromatic N) is 1. The standard InChI is InChI=1S/C39H61NO6/c1-25(24-40-18-20-44-21-19-40)45-33(43)36(6)15-14-35(5)16-17-38(8)27(28(35)23-36)22-29(42)32-37(7)12-11-31(46-26(2)41)34(3,4)30(37)10-13-39(32,38)9/h22,25,28,30-32H,10-21,23-24H2,1-9H3. The minimum atomic E-state index is -0.563. The van der Waals surface area contributed by atoms with Gasteiger partial charge in [-0.15, -0.1) is 0 Å². The Kier molecular flexibility index (Phi) is 8.48. The van der Waals surface area contributed by atoms with Crippen LogP contribution in [0.4, 0.5) is 0 Å². The topological polar surface area (TPSA) is 82.1 Å². The molecule has 0 spiro atoms. The molecule has 0 bridgehead atoms. The summed E-state index contributed by atoms with van der Waals surface area (Å²) in [6.45, 7) is 23.8. The van der Waals surface area contributed by atoms with Crippen LogP contribution in [0, 0.1) is 50.2 Å². The molecule has 10 unspecified atom stereocenters. The summed E-state index contributed by atoms with van der Waals surface area (Å²) in [5.41, 5.74) is 0.224. The highest BCUT2D eigenvalue weighted by Gasteiger charge is 2.70. The molecule has 1 heterocycles. The fraction of sp³-hybridized carbons (Fsp3) is 0.872. The Morgan fingerprint density at radius 2 is 1.63 bits per heavy atom. The summed E-state index contributed by atoms with van der Waals surface area (Å²) < 4.78 is 17.6. The third kappa shape index (κ3) is 5.15. The van der Waals surface area contributed by atoms with Gasteiger partial charge in [-0.05, 0) is 111 Å². The zero-order chi connectivity index (χ0) is 33.5. The van der Waals surface area contributed by atoms with Gasteiger partial charge < -0.3 is 14.2 Å². The van der Waals surface area contributed by atoms with Crippen molar-refractivity contribution >= 4 is 17.7 Å². The van der Waals surface area contributed by atoms with Crippen molar-refractivity contribution in [2.45, 2.75) is 132 Å². The maximum Gasteiger partial charge on any atom is 0.312 e. The lowest BCUT2D eigenvalue weighted by Gasteiger charge is -2.70. The molecule has 7 heteroatoms. The van der Waals surface area contributed by atoms with Crippen LogP contribution in [0.25, 0.3) is 0 Å². The molecule has 46 heavy (non-hydrogen) atoms. The Hall–Kier alpha value is -1.73. The highest BCUT2D eigenvalue weighted by atomic mass is 16.5. The van der Waals surface area contributed by atoms with Gasteiger partial charge >= 0.3 is 11.9 Å². The van der Waals surface area contributed by atoms with E-state index in [2.05, 4.69) is 59.4 Å². The Morgan fingerprint density at radius 3 is 2.30 bits per heavy atom. The molecule has 0 radical (unpaired) electrons. The Bertz CT molecular complexity index is 1280. The zero-order valence-electron chi connectivity index (χ0n) is 30.3. The fourth-order valence-electron chi connectivity index (χ4n) is 12.3. The molecule has 7 nitrogen and oxygen atoms in total. The number of allylic oxidation sites excluding steroid dienone is 2.